The third-order valence-corrected chi connectivity index (χ3v) is 10.3. The molecule has 6 rings (SSSR count). The second-order valence-corrected chi connectivity index (χ2v) is 13.3. The van der Waals surface area contributed by atoms with Crippen molar-refractivity contribution in [3.8, 4) is 23.0 Å². The zero-order valence-corrected chi connectivity index (χ0v) is 26.0. The van der Waals surface area contributed by atoms with Crippen molar-refractivity contribution in [2.45, 2.75) is 62.4 Å². The molecule has 4 aromatic rings. The summed E-state index contributed by atoms with van der Waals surface area (Å²) < 4.78 is 64.2. The van der Waals surface area contributed by atoms with Gasteiger partial charge in [0.25, 0.3) is 0 Å². The quantitative estimate of drug-likeness (QED) is 0.187. The molecule has 2 aliphatic rings. The predicted octanol–water partition coefficient (Wildman–Crippen LogP) is 7.98. The van der Waals surface area contributed by atoms with Gasteiger partial charge in [0.15, 0.2) is 23.0 Å². The molecule has 2 aliphatic carbocycles. The smallest absolute Gasteiger partial charge is 0.339 e. The van der Waals surface area contributed by atoms with Gasteiger partial charge in [0.2, 0.25) is 0 Å². The Bertz CT molecular complexity index is 1750. The number of rotatable bonds is 8. The lowest BCUT2D eigenvalue weighted by Gasteiger charge is -2.36. The third kappa shape index (κ3) is 6.00. The minimum absolute atomic E-state index is 0.0497. The van der Waals surface area contributed by atoms with Gasteiger partial charge in [-0.15, -0.1) is 0 Å². The first-order valence-electron chi connectivity index (χ1n) is 15.0. The highest BCUT2D eigenvalue weighted by molar-refractivity contribution is 7.87. The Balaban J connectivity index is 1.40. The first kappa shape index (κ1) is 30.0. The van der Waals surface area contributed by atoms with Crippen LogP contribution in [0.1, 0.15) is 65.8 Å². The lowest BCUT2D eigenvalue weighted by Crippen LogP contribution is -2.23. The molecule has 3 atom stereocenters. The Morgan fingerprint density at radius 1 is 0.818 bits per heavy atom. The average molecular weight is 617 g/mol. The van der Waals surface area contributed by atoms with E-state index in [1.165, 1.54) is 36.4 Å². The molecule has 0 heterocycles. The van der Waals surface area contributed by atoms with Crippen LogP contribution in [-0.4, -0.2) is 22.6 Å². The molecule has 0 aromatic heterocycles. The van der Waals surface area contributed by atoms with Crippen LogP contribution in [0.4, 0.5) is 4.39 Å². The molecular weight excluding hydrogens is 579 g/mol. The fourth-order valence-corrected chi connectivity index (χ4v) is 7.78. The van der Waals surface area contributed by atoms with Crippen molar-refractivity contribution >= 4 is 10.1 Å². The molecule has 4 aromatic carbocycles. The molecule has 230 valence electrons. The average Bonchev–Trinajstić information content (AvgIpc) is 3.02. The van der Waals surface area contributed by atoms with Crippen molar-refractivity contribution in [1.29, 1.82) is 0 Å². The van der Waals surface area contributed by atoms with Gasteiger partial charge in [0.05, 0.1) is 14.2 Å². The van der Waals surface area contributed by atoms with Crippen LogP contribution in [0.25, 0.3) is 0 Å². The molecule has 3 unspecified atom stereocenters. The first-order chi connectivity index (χ1) is 21.3. The minimum Gasteiger partial charge on any atom is -0.493 e. The molecule has 0 amide bonds. The molecule has 0 aliphatic heterocycles. The summed E-state index contributed by atoms with van der Waals surface area (Å²) in [6, 6.07) is 23.0. The van der Waals surface area contributed by atoms with E-state index in [0.29, 0.717) is 30.4 Å². The van der Waals surface area contributed by atoms with Gasteiger partial charge < -0.3 is 18.4 Å². The maximum Gasteiger partial charge on any atom is 0.339 e. The molecule has 0 fully saturated rings. The lowest BCUT2D eigenvalue weighted by molar-refractivity contribution is 0.282. The third-order valence-electron chi connectivity index (χ3n) is 9.12. The van der Waals surface area contributed by atoms with E-state index in [4.69, 9.17) is 18.4 Å². The molecule has 6 nitrogen and oxygen atoms in total. The van der Waals surface area contributed by atoms with E-state index in [1.807, 2.05) is 36.4 Å². The highest BCUT2D eigenvalue weighted by Crippen LogP contribution is 2.50. The number of ether oxygens (including phenoxy) is 3. The minimum atomic E-state index is -4.31. The van der Waals surface area contributed by atoms with Gasteiger partial charge in [0, 0.05) is 5.56 Å². The predicted molar refractivity (Wildman–Crippen MR) is 167 cm³/mol. The van der Waals surface area contributed by atoms with Crippen LogP contribution in [0.3, 0.4) is 0 Å². The van der Waals surface area contributed by atoms with Crippen molar-refractivity contribution in [3.63, 3.8) is 0 Å². The van der Waals surface area contributed by atoms with Gasteiger partial charge >= 0.3 is 10.1 Å². The van der Waals surface area contributed by atoms with Crippen LogP contribution in [-0.2, 0) is 29.6 Å². The van der Waals surface area contributed by atoms with Crippen molar-refractivity contribution in [2.75, 3.05) is 14.2 Å². The van der Waals surface area contributed by atoms with Crippen molar-refractivity contribution < 1.29 is 31.2 Å². The Hall–Kier alpha value is -4.04. The van der Waals surface area contributed by atoms with E-state index in [0.717, 1.165) is 54.2 Å². The Morgan fingerprint density at radius 3 is 2.36 bits per heavy atom. The van der Waals surface area contributed by atoms with E-state index >= 15 is 0 Å². The summed E-state index contributed by atoms with van der Waals surface area (Å²) in [5.41, 5.74) is 5.45. The number of hydrogen-bond donors (Lipinski definition) is 0. The molecule has 8 heteroatoms. The van der Waals surface area contributed by atoms with E-state index in [-0.39, 0.29) is 22.5 Å². The Morgan fingerprint density at radius 2 is 1.61 bits per heavy atom. The van der Waals surface area contributed by atoms with Gasteiger partial charge in [-0.1, -0.05) is 49.4 Å². The maximum absolute atomic E-state index is 14.0. The molecule has 0 saturated heterocycles. The summed E-state index contributed by atoms with van der Waals surface area (Å²) in [6.07, 6.45) is 4.43. The van der Waals surface area contributed by atoms with Crippen LogP contribution in [0.2, 0.25) is 0 Å². The van der Waals surface area contributed by atoms with Gasteiger partial charge in [-0.3, -0.25) is 0 Å². The summed E-state index contributed by atoms with van der Waals surface area (Å²) in [5.74, 6) is 1.84. The highest BCUT2D eigenvalue weighted by Gasteiger charge is 2.35. The van der Waals surface area contributed by atoms with Crippen LogP contribution in [0.15, 0.2) is 83.8 Å². The molecule has 0 N–H and O–H groups in total. The summed E-state index contributed by atoms with van der Waals surface area (Å²) in [4.78, 5) is -0.238. The molecule has 44 heavy (non-hydrogen) atoms. The summed E-state index contributed by atoms with van der Waals surface area (Å²) in [7, 11) is -1.14. The normalized spacial score (nSPS) is 19.4. The van der Waals surface area contributed by atoms with Crippen LogP contribution >= 0.6 is 0 Å². The fraction of sp³-hybridized carbons (Fsp3) is 0.333. The van der Waals surface area contributed by atoms with E-state index in [1.54, 1.807) is 13.2 Å². The topological polar surface area (TPSA) is 71.1 Å². The largest absolute Gasteiger partial charge is 0.493 e. The number of hydrogen-bond acceptors (Lipinski definition) is 6. The van der Waals surface area contributed by atoms with E-state index < -0.39 is 15.9 Å². The number of halogens is 1. The van der Waals surface area contributed by atoms with Gasteiger partial charge in [-0.05, 0) is 109 Å². The second kappa shape index (κ2) is 12.5. The highest BCUT2D eigenvalue weighted by atomic mass is 32.2. The lowest BCUT2D eigenvalue weighted by atomic mass is 9.69. The molecule has 0 radical (unpaired) electrons. The summed E-state index contributed by atoms with van der Waals surface area (Å²) in [6.45, 7) is 2.65. The van der Waals surface area contributed by atoms with Crippen LogP contribution in [0.5, 0.6) is 23.0 Å². The van der Waals surface area contributed by atoms with Gasteiger partial charge in [-0.25, -0.2) is 4.39 Å². The first-order valence-corrected chi connectivity index (χ1v) is 16.5. The van der Waals surface area contributed by atoms with Crippen molar-refractivity contribution in [3.05, 3.63) is 112 Å². The zero-order valence-electron chi connectivity index (χ0n) is 25.2. The molecule has 0 saturated carbocycles. The molecule has 2 bridgehead atoms. The van der Waals surface area contributed by atoms with Crippen molar-refractivity contribution in [2.24, 2.45) is 5.92 Å². The monoisotopic (exact) mass is 616 g/mol. The summed E-state index contributed by atoms with van der Waals surface area (Å²) in [5, 5.41) is 0. The molecule has 0 spiro atoms. The standard InChI is InChI=1S/C36H37FO6S/c1-23-29-15-13-24(12-14-26-19-35(34(41-3)21-31(26)29)42-22-25-8-5-4-6-9-25)18-32-30(23)16-17-33(40-2)36(32)43-44(38,39)28-11-7-10-27(37)20-28/h4-11,16-17,19-21,23-24,29H,12-15,18,22H2,1-3H3. The van der Waals surface area contributed by atoms with Crippen molar-refractivity contribution in [1.82, 2.24) is 0 Å². The summed E-state index contributed by atoms with van der Waals surface area (Å²) >= 11 is 0. The number of methoxy groups -OCH3 is 2. The van der Waals surface area contributed by atoms with Crippen LogP contribution < -0.4 is 18.4 Å². The number of aryl methyl sites for hydroxylation is 1. The van der Waals surface area contributed by atoms with E-state index in [9.17, 15) is 12.8 Å². The molecular formula is C36H37FO6S. The number of fused-ring (bicyclic) bond motifs is 6. The maximum atomic E-state index is 14.0. The van der Waals surface area contributed by atoms with Gasteiger partial charge in [-0.2, -0.15) is 8.42 Å². The zero-order chi connectivity index (χ0) is 30.8. The second-order valence-electron chi connectivity index (χ2n) is 11.7. The number of benzene rings is 4. The fourth-order valence-electron chi connectivity index (χ4n) is 6.78. The SMILES string of the molecule is COc1cc2c(cc1OCc1ccccc1)CCC1CCC2C(C)c2ccc(OC)c(OS(=O)(=O)c3cccc(F)c3)c2C1. The van der Waals surface area contributed by atoms with Gasteiger partial charge in [0.1, 0.15) is 17.3 Å². The Kier molecular flexibility index (Phi) is 8.54. The van der Waals surface area contributed by atoms with Crippen LogP contribution in [0, 0.1) is 11.7 Å². The Labute approximate surface area is 258 Å². The van der Waals surface area contributed by atoms with E-state index in [2.05, 4.69) is 19.1 Å².